The summed E-state index contributed by atoms with van der Waals surface area (Å²) in [5.41, 5.74) is 0.788. The number of hydrogen-bond acceptors (Lipinski definition) is 6. The summed E-state index contributed by atoms with van der Waals surface area (Å²) < 4.78 is 0. The second-order valence-electron chi connectivity index (χ2n) is 7.67. The van der Waals surface area contributed by atoms with E-state index in [9.17, 15) is 5.21 Å². The highest BCUT2D eigenvalue weighted by Gasteiger charge is 2.70. The molecule has 0 amide bonds. The average Bonchev–Trinajstić information content (AvgIpc) is 3.10. The Balaban J connectivity index is 1.35. The smallest absolute Gasteiger partial charge is 0.229 e. The monoisotopic (exact) mass is 343 g/mol. The number of aromatic nitrogens is 2. The minimum Gasteiger partial charge on any atom is -0.409 e. The molecular formula is C17H21N5OS. The van der Waals surface area contributed by atoms with Crippen molar-refractivity contribution < 1.29 is 5.21 Å². The molecular weight excluding hydrogens is 322 g/mol. The van der Waals surface area contributed by atoms with Gasteiger partial charge in [0.1, 0.15) is 10.7 Å². The van der Waals surface area contributed by atoms with E-state index in [1.54, 1.807) is 11.3 Å². The third-order valence-electron chi connectivity index (χ3n) is 6.30. The van der Waals surface area contributed by atoms with Crippen LogP contribution in [0.5, 0.6) is 0 Å². The molecule has 4 fully saturated rings. The largest absolute Gasteiger partial charge is 0.409 e. The number of nitrogens with zero attached hydrogens (tertiary/aromatic N) is 4. The van der Waals surface area contributed by atoms with Crippen LogP contribution in [0.25, 0.3) is 10.2 Å². The number of hydrogen-bond donors (Lipinski definition) is 2. The summed E-state index contributed by atoms with van der Waals surface area (Å²) in [6, 6.07) is 2.09. The SMILES string of the molecule is Cc1cc2cnc(N/C(C[C@]34CN5CCC3(CC5)C4)=N/O)nc2s1. The maximum Gasteiger partial charge on any atom is 0.229 e. The Bertz CT molecular complexity index is 839. The van der Waals surface area contributed by atoms with Gasteiger partial charge in [-0.1, -0.05) is 5.16 Å². The predicted octanol–water partition coefficient (Wildman–Crippen LogP) is 3.08. The van der Waals surface area contributed by atoms with E-state index in [-0.39, 0.29) is 0 Å². The number of fused-ring (bicyclic) bond motifs is 3. The molecule has 1 spiro atoms. The van der Waals surface area contributed by atoms with E-state index < -0.39 is 0 Å². The fourth-order valence-corrected chi connectivity index (χ4v) is 5.83. The van der Waals surface area contributed by atoms with Crippen LogP contribution in [-0.2, 0) is 0 Å². The van der Waals surface area contributed by atoms with Crippen LogP contribution < -0.4 is 5.32 Å². The van der Waals surface area contributed by atoms with Gasteiger partial charge in [0.15, 0.2) is 0 Å². The van der Waals surface area contributed by atoms with E-state index in [0.717, 1.165) is 23.2 Å². The molecule has 126 valence electrons. The van der Waals surface area contributed by atoms with Crippen molar-refractivity contribution in [3.8, 4) is 0 Å². The van der Waals surface area contributed by atoms with Crippen LogP contribution in [0.4, 0.5) is 5.95 Å². The van der Waals surface area contributed by atoms with Gasteiger partial charge in [-0.2, -0.15) is 0 Å². The fourth-order valence-electron chi connectivity index (χ4n) is 4.98. The van der Waals surface area contributed by atoms with Crippen LogP contribution in [0.15, 0.2) is 17.4 Å². The van der Waals surface area contributed by atoms with Crippen molar-refractivity contribution in [2.75, 3.05) is 25.0 Å². The number of anilines is 1. The summed E-state index contributed by atoms with van der Waals surface area (Å²) in [6.07, 6.45) is 6.46. The van der Waals surface area contributed by atoms with E-state index in [1.807, 2.05) is 6.20 Å². The molecule has 7 heteroatoms. The zero-order valence-electron chi connectivity index (χ0n) is 13.7. The van der Waals surface area contributed by atoms with Gasteiger partial charge >= 0.3 is 0 Å². The number of nitrogens with one attached hydrogen (secondary N) is 1. The van der Waals surface area contributed by atoms with Crippen molar-refractivity contribution in [1.82, 2.24) is 14.9 Å². The summed E-state index contributed by atoms with van der Waals surface area (Å²) in [5, 5.41) is 17.2. The summed E-state index contributed by atoms with van der Waals surface area (Å²) in [6.45, 7) is 5.67. The Morgan fingerprint density at radius 2 is 2.29 bits per heavy atom. The van der Waals surface area contributed by atoms with Crippen molar-refractivity contribution >= 4 is 33.3 Å². The Labute approximate surface area is 144 Å². The van der Waals surface area contributed by atoms with Gasteiger partial charge in [0.05, 0.1) is 0 Å². The second kappa shape index (κ2) is 4.89. The molecule has 2 aromatic heterocycles. The van der Waals surface area contributed by atoms with Crippen LogP contribution in [0.2, 0.25) is 0 Å². The van der Waals surface area contributed by atoms with Gasteiger partial charge in [-0.3, -0.25) is 0 Å². The molecule has 5 heterocycles. The van der Waals surface area contributed by atoms with Crippen LogP contribution in [0.1, 0.15) is 30.6 Å². The minimum absolute atomic E-state index is 0.293. The molecule has 2 bridgehead atoms. The van der Waals surface area contributed by atoms with Crippen molar-refractivity contribution in [2.24, 2.45) is 16.0 Å². The lowest BCUT2D eigenvalue weighted by Crippen LogP contribution is -2.48. The fraction of sp³-hybridized carbons (Fsp3) is 0.588. The first-order chi connectivity index (χ1) is 11.6. The second-order valence-corrected chi connectivity index (χ2v) is 8.91. The quantitative estimate of drug-likeness (QED) is 0.388. The number of thiophene rings is 1. The summed E-state index contributed by atoms with van der Waals surface area (Å²) in [7, 11) is 0. The van der Waals surface area contributed by atoms with Gasteiger partial charge in [-0.15, -0.1) is 11.3 Å². The minimum atomic E-state index is 0.293. The maximum absolute atomic E-state index is 9.50. The number of oxime groups is 1. The van der Waals surface area contributed by atoms with E-state index in [1.165, 1.54) is 37.2 Å². The Hall–Kier alpha value is -1.73. The highest BCUT2D eigenvalue weighted by molar-refractivity contribution is 7.18. The van der Waals surface area contributed by atoms with Crippen LogP contribution in [-0.4, -0.2) is 45.5 Å². The predicted molar refractivity (Wildman–Crippen MR) is 94.8 cm³/mol. The average molecular weight is 343 g/mol. The molecule has 0 unspecified atom stereocenters. The number of aryl methyl sites for hydroxylation is 1. The van der Waals surface area contributed by atoms with Crippen molar-refractivity contribution in [3.05, 3.63) is 17.1 Å². The molecule has 0 radical (unpaired) electrons. The molecule has 24 heavy (non-hydrogen) atoms. The standard InChI is InChI=1S/C17H21N5OS/c1-11-6-12-8-18-15(20-14(12)24-11)19-13(21-23)7-17-9-16(17)2-4-22(10-17)5-3-16/h6,8,23H,2-5,7,9-10H2,1H3,(H,18,19,20,21)/t17-/m0/s1. The van der Waals surface area contributed by atoms with Crippen LogP contribution in [0.3, 0.4) is 0 Å². The first-order valence-corrected chi connectivity index (χ1v) is 9.37. The van der Waals surface area contributed by atoms with Gasteiger partial charge < -0.3 is 15.4 Å². The zero-order chi connectivity index (χ0) is 16.4. The highest BCUT2D eigenvalue weighted by Crippen LogP contribution is 2.74. The topological polar surface area (TPSA) is 73.6 Å². The van der Waals surface area contributed by atoms with Crippen molar-refractivity contribution in [1.29, 1.82) is 0 Å². The first-order valence-electron chi connectivity index (χ1n) is 8.55. The van der Waals surface area contributed by atoms with Gasteiger partial charge in [0, 0.05) is 29.4 Å². The molecule has 6 nitrogen and oxygen atoms in total. The van der Waals surface area contributed by atoms with E-state index in [2.05, 4.69) is 38.3 Å². The summed E-state index contributed by atoms with van der Waals surface area (Å²) in [4.78, 5) is 13.7. The number of piperidine rings is 3. The molecule has 6 rings (SSSR count). The Morgan fingerprint density at radius 1 is 1.46 bits per heavy atom. The number of rotatable bonds is 3. The van der Waals surface area contributed by atoms with Crippen LogP contribution in [0, 0.1) is 17.8 Å². The van der Waals surface area contributed by atoms with Crippen molar-refractivity contribution in [2.45, 2.75) is 32.6 Å². The lowest BCUT2D eigenvalue weighted by molar-refractivity contribution is 0.0541. The normalized spacial score (nSPS) is 34.4. The Morgan fingerprint density at radius 3 is 3.04 bits per heavy atom. The van der Waals surface area contributed by atoms with E-state index in [0.29, 0.717) is 22.6 Å². The first kappa shape index (κ1) is 14.6. The lowest BCUT2D eigenvalue weighted by atomic mass is 9.77. The summed E-state index contributed by atoms with van der Waals surface area (Å²) >= 11 is 1.65. The molecule has 1 atom stereocenters. The van der Waals surface area contributed by atoms with Gasteiger partial charge in [-0.05, 0) is 56.2 Å². The third kappa shape index (κ3) is 2.07. The van der Waals surface area contributed by atoms with Crippen LogP contribution >= 0.6 is 11.3 Å². The molecule has 1 aliphatic carbocycles. The van der Waals surface area contributed by atoms with Gasteiger partial charge in [-0.25, -0.2) is 9.97 Å². The van der Waals surface area contributed by atoms with Gasteiger partial charge in [0.25, 0.3) is 0 Å². The van der Waals surface area contributed by atoms with E-state index in [4.69, 9.17) is 0 Å². The van der Waals surface area contributed by atoms with Crippen molar-refractivity contribution in [3.63, 3.8) is 0 Å². The molecule has 2 N–H and O–H groups in total. The summed E-state index contributed by atoms with van der Waals surface area (Å²) in [5.74, 6) is 1.11. The molecule has 3 aliphatic heterocycles. The highest BCUT2D eigenvalue weighted by atomic mass is 32.1. The Kier molecular flexibility index (Phi) is 2.98. The number of amidine groups is 1. The lowest BCUT2D eigenvalue weighted by Gasteiger charge is -2.44. The molecule has 2 aromatic rings. The molecule has 1 saturated carbocycles. The third-order valence-corrected chi connectivity index (χ3v) is 7.26. The van der Waals surface area contributed by atoms with E-state index >= 15 is 0 Å². The zero-order valence-corrected chi connectivity index (χ0v) is 14.6. The molecule has 4 aliphatic rings. The molecule has 3 saturated heterocycles. The van der Waals surface area contributed by atoms with Gasteiger partial charge in [0.2, 0.25) is 5.95 Å². The maximum atomic E-state index is 9.50. The molecule has 0 aromatic carbocycles.